The fourth-order valence-electron chi connectivity index (χ4n) is 1.96. The molecule has 2 N–H and O–H groups in total. The van der Waals surface area contributed by atoms with E-state index in [4.69, 9.17) is 5.73 Å². The number of thiophene rings is 1. The van der Waals surface area contributed by atoms with E-state index in [1.54, 1.807) is 29.5 Å². The third-order valence-electron chi connectivity index (χ3n) is 3.15. The molecular weight excluding hydrogens is 259 g/mol. The van der Waals surface area contributed by atoms with Gasteiger partial charge in [-0.15, -0.1) is 11.3 Å². The van der Waals surface area contributed by atoms with Crippen LogP contribution in [0.5, 0.6) is 0 Å². The molecule has 102 valence electrons. The summed E-state index contributed by atoms with van der Waals surface area (Å²) < 4.78 is 14.0. The van der Waals surface area contributed by atoms with Crippen molar-refractivity contribution in [1.29, 1.82) is 0 Å². The van der Waals surface area contributed by atoms with Gasteiger partial charge in [0.25, 0.3) is 0 Å². The van der Waals surface area contributed by atoms with Gasteiger partial charge in [-0.25, -0.2) is 4.39 Å². The number of hydrogen-bond donors (Lipinski definition) is 1. The largest absolute Gasteiger partial charge is 0.396 e. The van der Waals surface area contributed by atoms with Crippen LogP contribution < -0.4 is 5.73 Å². The Balaban J connectivity index is 2.14. The van der Waals surface area contributed by atoms with E-state index in [1.807, 2.05) is 6.07 Å². The Morgan fingerprint density at radius 3 is 2.63 bits per heavy atom. The highest BCUT2D eigenvalue weighted by molar-refractivity contribution is 7.09. The maximum atomic E-state index is 14.0. The number of anilines is 1. The fraction of sp³-hybridized carbons (Fsp3) is 0.333. The second-order valence-electron chi connectivity index (χ2n) is 4.90. The normalized spacial score (nSPS) is 11.4. The second-order valence-corrected chi connectivity index (χ2v) is 5.93. The zero-order chi connectivity index (χ0) is 13.8. The van der Waals surface area contributed by atoms with Crippen LogP contribution in [0.2, 0.25) is 0 Å². The Hall–Kier alpha value is -1.39. The van der Waals surface area contributed by atoms with E-state index in [2.05, 4.69) is 30.2 Å². The molecule has 2 aromatic rings. The Labute approximate surface area is 117 Å². The highest BCUT2D eigenvalue weighted by atomic mass is 32.1. The van der Waals surface area contributed by atoms with E-state index in [0.29, 0.717) is 18.2 Å². The van der Waals surface area contributed by atoms with Crippen LogP contribution in [-0.2, 0) is 13.1 Å². The van der Waals surface area contributed by atoms with Crippen LogP contribution in [0.15, 0.2) is 35.7 Å². The van der Waals surface area contributed by atoms with E-state index in [-0.39, 0.29) is 11.5 Å². The summed E-state index contributed by atoms with van der Waals surface area (Å²) >= 11 is 1.73. The molecule has 1 aromatic heterocycles. The van der Waals surface area contributed by atoms with Crippen LogP contribution >= 0.6 is 11.3 Å². The lowest BCUT2D eigenvalue weighted by atomic mass is 10.1. The molecule has 4 heteroatoms. The van der Waals surface area contributed by atoms with Gasteiger partial charge in [0.1, 0.15) is 0 Å². The van der Waals surface area contributed by atoms with Gasteiger partial charge >= 0.3 is 0 Å². The summed E-state index contributed by atoms with van der Waals surface area (Å²) in [7, 11) is 0. The number of nitrogens with two attached hydrogens (primary N) is 1. The van der Waals surface area contributed by atoms with Crippen LogP contribution in [0.1, 0.15) is 24.3 Å². The molecule has 0 saturated carbocycles. The molecule has 0 aliphatic rings. The molecule has 0 unspecified atom stereocenters. The average Bonchev–Trinajstić information content (AvgIpc) is 2.86. The lowest BCUT2D eigenvalue weighted by Gasteiger charge is -2.26. The van der Waals surface area contributed by atoms with Crippen molar-refractivity contribution in [3.8, 4) is 0 Å². The smallest absolute Gasteiger partial charge is 0.150 e. The zero-order valence-electron chi connectivity index (χ0n) is 11.3. The van der Waals surface area contributed by atoms with Crippen molar-refractivity contribution in [1.82, 2.24) is 4.90 Å². The number of nitrogen functional groups attached to an aromatic ring is 1. The number of hydrogen-bond acceptors (Lipinski definition) is 3. The number of halogens is 1. The first-order valence-corrected chi connectivity index (χ1v) is 7.25. The van der Waals surface area contributed by atoms with Crippen LogP contribution in [-0.4, -0.2) is 10.9 Å². The van der Waals surface area contributed by atoms with E-state index < -0.39 is 0 Å². The molecule has 0 spiro atoms. The molecule has 0 saturated heterocycles. The Morgan fingerprint density at radius 1 is 1.21 bits per heavy atom. The number of benzene rings is 1. The number of nitrogens with zero attached hydrogens (tertiary/aromatic N) is 1. The van der Waals surface area contributed by atoms with Gasteiger partial charge in [0, 0.05) is 29.6 Å². The molecule has 0 atom stereocenters. The van der Waals surface area contributed by atoms with Crippen molar-refractivity contribution in [3.05, 3.63) is 52.0 Å². The van der Waals surface area contributed by atoms with Gasteiger partial charge < -0.3 is 5.73 Å². The Bertz CT molecular complexity index is 523. The molecule has 0 radical (unpaired) electrons. The standard InChI is InChI=1S/C15H19FN2S/c1-11(2)18(10-13-6-4-8-19-13)9-12-5-3-7-14(17)15(12)16/h3-8,11H,9-10,17H2,1-2H3. The van der Waals surface area contributed by atoms with Crippen molar-refractivity contribution in [2.45, 2.75) is 33.0 Å². The van der Waals surface area contributed by atoms with Crippen LogP contribution in [0.4, 0.5) is 10.1 Å². The van der Waals surface area contributed by atoms with Crippen molar-refractivity contribution < 1.29 is 4.39 Å². The summed E-state index contributed by atoms with van der Waals surface area (Å²) in [6, 6.07) is 9.70. The highest BCUT2D eigenvalue weighted by Gasteiger charge is 2.14. The molecule has 2 rings (SSSR count). The molecule has 19 heavy (non-hydrogen) atoms. The van der Waals surface area contributed by atoms with Gasteiger partial charge in [0.05, 0.1) is 5.69 Å². The molecule has 0 aliphatic heterocycles. The summed E-state index contributed by atoms with van der Waals surface area (Å²) in [5.41, 5.74) is 6.49. The average molecular weight is 278 g/mol. The van der Waals surface area contributed by atoms with E-state index in [0.717, 1.165) is 6.54 Å². The maximum Gasteiger partial charge on any atom is 0.150 e. The third-order valence-corrected chi connectivity index (χ3v) is 4.01. The Kier molecular flexibility index (Phi) is 4.56. The minimum atomic E-state index is -0.292. The van der Waals surface area contributed by atoms with E-state index in [9.17, 15) is 4.39 Å². The predicted molar refractivity (Wildman–Crippen MR) is 79.5 cm³/mol. The topological polar surface area (TPSA) is 29.3 Å². The third kappa shape index (κ3) is 3.55. The van der Waals surface area contributed by atoms with Crippen molar-refractivity contribution in [3.63, 3.8) is 0 Å². The van der Waals surface area contributed by atoms with Crippen LogP contribution in [0.3, 0.4) is 0 Å². The maximum absolute atomic E-state index is 14.0. The van der Waals surface area contributed by atoms with Crippen LogP contribution in [0.25, 0.3) is 0 Å². The zero-order valence-corrected chi connectivity index (χ0v) is 12.1. The summed E-state index contributed by atoms with van der Waals surface area (Å²) in [6.45, 7) is 5.66. The first-order chi connectivity index (χ1) is 9.08. The fourth-order valence-corrected chi connectivity index (χ4v) is 2.69. The van der Waals surface area contributed by atoms with Crippen LogP contribution in [0, 0.1) is 5.82 Å². The second kappa shape index (κ2) is 6.17. The SMILES string of the molecule is CC(C)N(Cc1cccs1)Cc1cccc(N)c1F. The quantitative estimate of drug-likeness (QED) is 0.841. The molecular formula is C15H19FN2S. The lowest BCUT2D eigenvalue weighted by Crippen LogP contribution is -2.30. The molecule has 0 aliphatic carbocycles. The number of rotatable bonds is 5. The molecule has 0 fully saturated rings. The molecule has 1 aromatic carbocycles. The van der Waals surface area contributed by atoms with E-state index >= 15 is 0 Å². The summed E-state index contributed by atoms with van der Waals surface area (Å²) in [5.74, 6) is -0.292. The highest BCUT2D eigenvalue weighted by Crippen LogP contribution is 2.20. The minimum Gasteiger partial charge on any atom is -0.396 e. The molecule has 2 nitrogen and oxygen atoms in total. The lowest BCUT2D eigenvalue weighted by molar-refractivity contribution is 0.203. The van der Waals surface area contributed by atoms with Gasteiger partial charge in [0.15, 0.2) is 5.82 Å². The first kappa shape index (κ1) is 14.0. The molecule has 1 heterocycles. The van der Waals surface area contributed by atoms with Gasteiger partial charge in [-0.3, -0.25) is 4.90 Å². The van der Waals surface area contributed by atoms with Crippen molar-refractivity contribution >= 4 is 17.0 Å². The van der Waals surface area contributed by atoms with Gasteiger partial charge in [-0.05, 0) is 31.4 Å². The summed E-state index contributed by atoms with van der Waals surface area (Å²) in [4.78, 5) is 3.53. The first-order valence-electron chi connectivity index (χ1n) is 6.37. The summed E-state index contributed by atoms with van der Waals surface area (Å²) in [5, 5.41) is 2.06. The molecule has 0 bridgehead atoms. The minimum absolute atomic E-state index is 0.220. The van der Waals surface area contributed by atoms with E-state index in [1.165, 1.54) is 4.88 Å². The Morgan fingerprint density at radius 2 is 2.00 bits per heavy atom. The van der Waals surface area contributed by atoms with Crippen molar-refractivity contribution in [2.75, 3.05) is 5.73 Å². The predicted octanol–water partition coefficient (Wildman–Crippen LogP) is 3.88. The molecule has 0 amide bonds. The summed E-state index contributed by atoms with van der Waals surface area (Å²) in [6.07, 6.45) is 0. The van der Waals surface area contributed by atoms with Crippen molar-refractivity contribution in [2.24, 2.45) is 0 Å². The van der Waals surface area contributed by atoms with Gasteiger partial charge in [-0.2, -0.15) is 0 Å². The van der Waals surface area contributed by atoms with Gasteiger partial charge in [-0.1, -0.05) is 18.2 Å². The van der Waals surface area contributed by atoms with Gasteiger partial charge in [0.2, 0.25) is 0 Å². The monoisotopic (exact) mass is 278 g/mol.